The van der Waals surface area contributed by atoms with Crippen molar-refractivity contribution in [2.75, 3.05) is 10.6 Å². The van der Waals surface area contributed by atoms with Crippen LogP contribution in [0.5, 0.6) is 0 Å². The quantitative estimate of drug-likeness (QED) is 0.448. The summed E-state index contributed by atoms with van der Waals surface area (Å²) in [7, 11) is 0. The van der Waals surface area contributed by atoms with Gasteiger partial charge in [-0.15, -0.1) is 5.10 Å². The number of nitrogens with zero attached hydrogens (tertiary/aromatic N) is 3. The number of halogens is 4. The number of hydrogen-bond acceptors (Lipinski definition) is 3. The molecule has 0 saturated heterocycles. The van der Waals surface area contributed by atoms with E-state index in [1.807, 2.05) is 18.2 Å². The molecule has 0 atom stereocenters. The zero-order valence-corrected chi connectivity index (χ0v) is 17.7. The van der Waals surface area contributed by atoms with E-state index in [-0.39, 0.29) is 0 Å². The van der Waals surface area contributed by atoms with Crippen LogP contribution in [-0.4, -0.2) is 19.9 Å². The van der Waals surface area contributed by atoms with E-state index in [2.05, 4.69) is 36.6 Å². The molecule has 0 saturated carbocycles. The summed E-state index contributed by atoms with van der Waals surface area (Å²) in [6.07, 6.45) is 1.59. The molecule has 10 heteroatoms. The summed E-state index contributed by atoms with van der Waals surface area (Å²) < 4.78 is 2.53. The van der Waals surface area contributed by atoms with Crippen LogP contribution in [0.2, 0.25) is 15.1 Å². The van der Waals surface area contributed by atoms with Crippen LogP contribution in [0.1, 0.15) is 5.56 Å². The lowest BCUT2D eigenvalue weighted by atomic mass is 10.2. The van der Waals surface area contributed by atoms with Crippen LogP contribution in [0.3, 0.4) is 0 Å². The summed E-state index contributed by atoms with van der Waals surface area (Å²) in [4.78, 5) is 4.18. The Balaban J connectivity index is 1.63. The van der Waals surface area contributed by atoms with Gasteiger partial charge in [0.2, 0.25) is 5.95 Å². The molecular formula is C16H11BrCl3N5S. The fourth-order valence-electron chi connectivity index (χ4n) is 2.10. The summed E-state index contributed by atoms with van der Waals surface area (Å²) in [5, 5.41) is 12.3. The molecule has 1 heterocycles. The second-order valence-corrected chi connectivity index (χ2v) is 7.78. The minimum Gasteiger partial charge on any atom is -0.331 e. The average molecular weight is 492 g/mol. The third-order valence-corrected chi connectivity index (χ3v) is 4.89. The smallest absolute Gasteiger partial charge is 0.248 e. The topological polar surface area (TPSA) is 54.8 Å². The first-order chi connectivity index (χ1) is 12.4. The molecular weight excluding hydrogens is 481 g/mol. The summed E-state index contributed by atoms with van der Waals surface area (Å²) in [5.74, 6) is 0.362. The van der Waals surface area contributed by atoms with Crippen molar-refractivity contribution in [3.05, 3.63) is 67.8 Å². The number of benzene rings is 2. The zero-order valence-electron chi connectivity index (χ0n) is 13.0. The van der Waals surface area contributed by atoms with E-state index in [4.69, 9.17) is 47.0 Å². The Morgan fingerprint density at radius 3 is 2.62 bits per heavy atom. The molecule has 0 fully saturated rings. The highest BCUT2D eigenvalue weighted by molar-refractivity contribution is 9.10. The predicted molar refractivity (Wildman–Crippen MR) is 115 cm³/mol. The molecule has 134 valence electrons. The van der Waals surface area contributed by atoms with Crippen molar-refractivity contribution in [3.63, 3.8) is 0 Å². The number of aromatic nitrogens is 3. The minimum absolute atomic E-state index is 0.330. The average Bonchev–Trinajstić information content (AvgIpc) is 3.00. The van der Waals surface area contributed by atoms with Crippen LogP contribution in [0.15, 0.2) is 47.2 Å². The van der Waals surface area contributed by atoms with Crippen molar-refractivity contribution in [2.24, 2.45) is 0 Å². The maximum Gasteiger partial charge on any atom is 0.248 e. The predicted octanol–water partition coefficient (Wildman–Crippen LogP) is 5.86. The SMILES string of the molecule is S=C(Nc1ncn(Cc2ccc(Cl)cc2Cl)n1)Nc1ccc(Br)cc1Cl. The molecule has 0 bridgehead atoms. The molecule has 2 N–H and O–H groups in total. The van der Waals surface area contributed by atoms with E-state index in [1.54, 1.807) is 29.2 Å². The van der Waals surface area contributed by atoms with Crippen molar-refractivity contribution in [1.29, 1.82) is 0 Å². The summed E-state index contributed by atoms with van der Waals surface area (Å²) in [6, 6.07) is 10.8. The Kier molecular flexibility index (Phi) is 6.37. The van der Waals surface area contributed by atoms with E-state index in [0.29, 0.717) is 38.4 Å². The lowest BCUT2D eigenvalue weighted by molar-refractivity contribution is 0.687. The third kappa shape index (κ3) is 5.08. The van der Waals surface area contributed by atoms with Crippen molar-refractivity contribution in [2.45, 2.75) is 6.54 Å². The summed E-state index contributed by atoms with van der Waals surface area (Å²) in [6.45, 7) is 0.462. The molecule has 0 aliphatic heterocycles. The highest BCUT2D eigenvalue weighted by Crippen LogP contribution is 2.26. The van der Waals surface area contributed by atoms with Crippen LogP contribution < -0.4 is 10.6 Å². The van der Waals surface area contributed by atoms with Crippen LogP contribution in [0.25, 0.3) is 0 Å². The Bertz CT molecular complexity index is 963. The van der Waals surface area contributed by atoms with Crippen LogP contribution in [0, 0.1) is 0 Å². The van der Waals surface area contributed by atoms with Gasteiger partial charge in [0.25, 0.3) is 0 Å². The first-order valence-corrected chi connectivity index (χ1v) is 9.60. The lowest BCUT2D eigenvalue weighted by Crippen LogP contribution is -2.20. The van der Waals surface area contributed by atoms with Gasteiger partial charge in [0.05, 0.1) is 17.3 Å². The normalized spacial score (nSPS) is 10.6. The van der Waals surface area contributed by atoms with E-state index in [9.17, 15) is 0 Å². The largest absolute Gasteiger partial charge is 0.331 e. The van der Waals surface area contributed by atoms with Gasteiger partial charge >= 0.3 is 0 Å². The van der Waals surface area contributed by atoms with Gasteiger partial charge in [-0.2, -0.15) is 0 Å². The fraction of sp³-hybridized carbons (Fsp3) is 0.0625. The van der Waals surface area contributed by atoms with Gasteiger partial charge < -0.3 is 5.32 Å². The van der Waals surface area contributed by atoms with Crippen molar-refractivity contribution < 1.29 is 0 Å². The Labute approximate surface area is 178 Å². The van der Waals surface area contributed by atoms with Crippen LogP contribution >= 0.6 is 63.0 Å². The maximum absolute atomic E-state index is 6.18. The van der Waals surface area contributed by atoms with E-state index in [0.717, 1.165) is 10.0 Å². The molecule has 2 aromatic carbocycles. The first kappa shape index (κ1) is 19.4. The van der Waals surface area contributed by atoms with Gasteiger partial charge in [0.15, 0.2) is 5.11 Å². The molecule has 3 rings (SSSR count). The van der Waals surface area contributed by atoms with Gasteiger partial charge in [0, 0.05) is 14.5 Å². The van der Waals surface area contributed by atoms with Gasteiger partial charge in [-0.3, -0.25) is 5.32 Å². The number of hydrogen-bond donors (Lipinski definition) is 2. The highest BCUT2D eigenvalue weighted by atomic mass is 79.9. The molecule has 0 amide bonds. The minimum atomic E-state index is 0.330. The molecule has 3 aromatic rings. The third-order valence-electron chi connectivity index (χ3n) is 3.29. The number of anilines is 2. The summed E-state index contributed by atoms with van der Waals surface area (Å²) >= 11 is 26.9. The number of rotatable bonds is 4. The summed E-state index contributed by atoms with van der Waals surface area (Å²) in [5.41, 5.74) is 1.56. The maximum atomic E-state index is 6.18. The van der Waals surface area contributed by atoms with Crippen molar-refractivity contribution in [3.8, 4) is 0 Å². The van der Waals surface area contributed by atoms with Crippen LogP contribution in [0.4, 0.5) is 11.6 Å². The molecule has 0 radical (unpaired) electrons. The van der Waals surface area contributed by atoms with Gasteiger partial charge in [-0.25, -0.2) is 9.67 Å². The molecule has 0 aliphatic carbocycles. The number of thiocarbonyl (C=S) groups is 1. The molecule has 0 spiro atoms. The molecule has 26 heavy (non-hydrogen) atoms. The molecule has 0 aliphatic rings. The van der Waals surface area contributed by atoms with Gasteiger partial charge in [-0.1, -0.05) is 56.8 Å². The Morgan fingerprint density at radius 2 is 1.88 bits per heavy atom. The Morgan fingerprint density at radius 1 is 1.08 bits per heavy atom. The first-order valence-electron chi connectivity index (χ1n) is 7.27. The zero-order chi connectivity index (χ0) is 18.7. The molecule has 5 nitrogen and oxygen atoms in total. The van der Waals surface area contributed by atoms with Crippen LogP contribution in [-0.2, 0) is 6.54 Å². The van der Waals surface area contributed by atoms with E-state index >= 15 is 0 Å². The second-order valence-electron chi connectivity index (χ2n) is 5.20. The lowest BCUT2D eigenvalue weighted by Gasteiger charge is -2.09. The van der Waals surface area contributed by atoms with Crippen molar-refractivity contribution in [1.82, 2.24) is 14.8 Å². The van der Waals surface area contributed by atoms with Gasteiger partial charge in [-0.05, 0) is 48.1 Å². The standard InChI is InChI=1S/C16H11BrCl3N5S/c17-10-2-4-14(13(20)5-10)22-16(26)23-15-21-8-25(24-15)7-9-1-3-11(18)6-12(9)19/h1-6,8H,7H2,(H2,22,23,24,26). The van der Waals surface area contributed by atoms with E-state index in [1.165, 1.54) is 0 Å². The van der Waals surface area contributed by atoms with Crippen molar-refractivity contribution >= 4 is 79.7 Å². The second kappa shape index (κ2) is 8.54. The molecule has 1 aromatic heterocycles. The molecule has 0 unspecified atom stereocenters. The van der Waals surface area contributed by atoms with Gasteiger partial charge in [0.1, 0.15) is 6.33 Å². The Hall–Kier alpha value is -1.38. The highest BCUT2D eigenvalue weighted by Gasteiger charge is 2.08. The number of nitrogens with one attached hydrogen (secondary N) is 2. The van der Waals surface area contributed by atoms with E-state index < -0.39 is 0 Å². The fourth-order valence-corrected chi connectivity index (χ4v) is 3.49. The monoisotopic (exact) mass is 489 g/mol.